The molecule has 90 valence electrons. The molecule has 0 bridgehead atoms. The summed E-state index contributed by atoms with van der Waals surface area (Å²) in [5.41, 5.74) is 2.25. The highest BCUT2D eigenvalue weighted by molar-refractivity contribution is 5.85. The van der Waals surface area contributed by atoms with Crippen molar-refractivity contribution in [3.63, 3.8) is 0 Å². The van der Waals surface area contributed by atoms with Crippen LogP contribution in [0.2, 0.25) is 0 Å². The fraction of sp³-hybridized carbons (Fsp3) is 0.500. The van der Waals surface area contributed by atoms with Gasteiger partial charge in [-0.1, -0.05) is 6.07 Å². The third-order valence-electron chi connectivity index (χ3n) is 3.11. The van der Waals surface area contributed by atoms with Gasteiger partial charge in [-0.2, -0.15) is 0 Å². The molecule has 0 radical (unpaired) electrons. The van der Waals surface area contributed by atoms with Crippen LogP contribution in [0.5, 0.6) is 0 Å². The van der Waals surface area contributed by atoms with E-state index in [4.69, 9.17) is 0 Å². The average Bonchev–Trinajstić information content (AvgIpc) is 2.08. The summed E-state index contributed by atoms with van der Waals surface area (Å²) in [6, 6.07) is 5.60. The predicted octanol–water partition coefficient (Wildman–Crippen LogP) is 1.96. The number of nitrogens with zero attached hydrogens (tertiary/aromatic N) is 1. The number of halogens is 2. The van der Waals surface area contributed by atoms with Crippen LogP contribution in [0.15, 0.2) is 18.2 Å². The minimum Gasteiger partial charge on any atom is -0.314 e. The fourth-order valence-electron chi connectivity index (χ4n) is 1.79. The maximum atomic E-state index is 13.1. The molecule has 0 aliphatic carbocycles. The lowest BCUT2D eigenvalue weighted by Crippen LogP contribution is -2.55. The fourth-order valence-corrected chi connectivity index (χ4v) is 1.79. The van der Waals surface area contributed by atoms with Crippen molar-refractivity contribution in [3.8, 4) is 0 Å². The Labute approximate surface area is 102 Å². The molecule has 2 nitrogen and oxygen atoms in total. The maximum absolute atomic E-state index is 13.1. The van der Waals surface area contributed by atoms with Crippen LogP contribution in [0.25, 0.3) is 0 Å². The molecule has 1 fully saturated rings. The van der Waals surface area contributed by atoms with Crippen LogP contribution in [0, 0.1) is 12.7 Å². The van der Waals surface area contributed by atoms with Gasteiger partial charge in [0, 0.05) is 25.7 Å². The van der Waals surface area contributed by atoms with E-state index < -0.39 is 0 Å². The first kappa shape index (κ1) is 13.4. The van der Waals surface area contributed by atoms with Crippen LogP contribution in [0.1, 0.15) is 11.1 Å². The van der Waals surface area contributed by atoms with Crippen molar-refractivity contribution in [2.45, 2.75) is 19.5 Å². The molecule has 1 saturated heterocycles. The van der Waals surface area contributed by atoms with Gasteiger partial charge in [0.25, 0.3) is 0 Å². The van der Waals surface area contributed by atoms with Crippen LogP contribution < -0.4 is 5.32 Å². The van der Waals surface area contributed by atoms with Gasteiger partial charge in [0.05, 0.1) is 0 Å². The van der Waals surface area contributed by atoms with Crippen LogP contribution in [0.3, 0.4) is 0 Å². The van der Waals surface area contributed by atoms with Gasteiger partial charge in [-0.05, 0) is 37.2 Å². The van der Waals surface area contributed by atoms with E-state index in [1.807, 2.05) is 13.0 Å². The van der Waals surface area contributed by atoms with Crippen molar-refractivity contribution >= 4 is 12.4 Å². The van der Waals surface area contributed by atoms with Crippen molar-refractivity contribution in [2.75, 3.05) is 20.1 Å². The zero-order valence-electron chi connectivity index (χ0n) is 9.66. The van der Waals surface area contributed by atoms with Crippen LogP contribution in [-0.4, -0.2) is 31.1 Å². The summed E-state index contributed by atoms with van der Waals surface area (Å²) in [6.45, 7) is 4.95. The van der Waals surface area contributed by atoms with Crippen LogP contribution in [0.4, 0.5) is 4.39 Å². The van der Waals surface area contributed by atoms with E-state index in [1.165, 1.54) is 6.07 Å². The molecule has 1 N–H and O–H groups in total. The molecule has 0 spiro atoms. The Hall–Kier alpha value is -0.640. The van der Waals surface area contributed by atoms with Gasteiger partial charge in [-0.3, -0.25) is 4.90 Å². The van der Waals surface area contributed by atoms with Gasteiger partial charge in [0.1, 0.15) is 5.82 Å². The van der Waals surface area contributed by atoms with Gasteiger partial charge < -0.3 is 5.32 Å². The highest BCUT2D eigenvalue weighted by atomic mass is 35.5. The molecule has 0 atom stereocenters. The largest absolute Gasteiger partial charge is 0.314 e. The molecule has 1 aromatic rings. The standard InChI is InChI=1S/C12H17FN2.ClH/c1-9-3-4-11(13)5-10(9)8-15(2)12-6-14-7-12;/h3-5,12,14H,6-8H2,1-2H3;1H. The summed E-state index contributed by atoms with van der Waals surface area (Å²) in [4.78, 5) is 2.28. The quantitative estimate of drug-likeness (QED) is 0.875. The van der Waals surface area contributed by atoms with E-state index >= 15 is 0 Å². The first-order valence-corrected chi connectivity index (χ1v) is 5.33. The summed E-state index contributed by atoms with van der Waals surface area (Å²) >= 11 is 0. The van der Waals surface area contributed by atoms with Crippen molar-refractivity contribution in [1.29, 1.82) is 0 Å². The zero-order valence-corrected chi connectivity index (χ0v) is 10.5. The smallest absolute Gasteiger partial charge is 0.123 e. The number of likely N-dealkylation sites (N-methyl/N-ethyl adjacent to an activating group) is 1. The number of hydrogen-bond donors (Lipinski definition) is 1. The first-order valence-electron chi connectivity index (χ1n) is 5.33. The van der Waals surface area contributed by atoms with E-state index in [2.05, 4.69) is 17.3 Å². The summed E-state index contributed by atoms with van der Waals surface area (Å²) in [5.74, 6) is -0.143. The van der Waals surface area contributed by atoms with Gasteiger partial charge in [-0.15, -0.1) is 12.4 Å². The van der Waals surface area contributed by atoms with Gasteiger partial charge in [0.15, 0.2) is 0 Å². The Morgan fingerprint density at radius 3 is 2.69 bits per heavy atom. The Kier molecular flexibility index (Phi) is 4.71. The van der Waals surface area contributed by atoms with Crippen molar-refractivity contribution < 1.29 is 4.39 Å². The molecule has 1 aromatic carbocycles. The number of benzene rings is 1. The van der Waals surface area contributed by atoms with E-state index in [-0.39, 0.29) is 18.2 Å². The van der Waals surface area contributed by atoms with Crippen molar-refractivity contribution in [3.05, 3.63) is 35.1 Å². The molecule has 1 aliphatic heterocycles. The molecule has 4 heteroatoms. The second-order valence-corrected chi connectivity index (χ2v) is 4.30. The lowest BCUT2D eigenvalue weighted by atomic mass is 10.1. The molecule has 16 heavy (non-hydrogen) atoms. The molecule has 0 unspecified atom stereocenters. The van der Waals surface area contributed by atoms with E-state index in [9.17, 15) is 4.39 Å². The summed E-state index contributed by atoms with van der Waals surface area (Å²) in [5, 5.41) is 3.24. The SMILES string of the molecule is Cc1ccc(F)cc1CN(C)C1CNC1.Cl. The molecular weight excluding hydrogens is 227 g/mol. The molecule has 0 saturated carbocycles. The van der Waals surface area contributed by atoms with E-state index in [0.29, 0.717) is 6.04 Å². The van der Waals surface area contributed by atoms with Crippen molar-refractivity contribution in [2.24, 2.45) is 0 Å². The van der Waals surface area contributed by atoms with Gasteiger partial charge in [-0.25, -0.2) is 4.39 Å². The highest BCUT2D eigenvalue weighted by Crippen LogP contribution is 2.14. The Morgan fingerprint density at radius 1 is 1.44 bits per heavy atom. The molecule has 0 aromatic heterocycles. The lowest BCUT2D eigenvalue weighted by molar-refractivity contribution is 0.172. The average molecular weight is 245 g/mol. The molecule has 1 aliphatic rings. The minimum atomic E-state index is -0.143. The predicted molar refractivity (Wildman–Crippen MR) is 66.5 cm³/mol. The zero-order chi connectivity index (χ0) is 10.8. The topological polar surface area (TPSA) is 15.3 Å². The molecular formula is C12H18ClFN2. The number of nitrogens with one attached hydrogen (secondary N) is 1. The summed E-state index contributed by atoms with van der Waals surface area (Å²) < 4.78 is 13.1. The normalized spacial score (nSPS) is 15.8. The third kappa shape index (κ3) is 2.94. The molecule has 2 rings (SSSR count). The van der Waals surface area contributed by atoms with Crippen LogP contribution >= 0.6 is 12.4 Å². The Balaban J connectivity index is 0.00000128. The van der Waals surface area contributed by atoms with E-state index in [0.717, 1.165) is 30.8 Å². The monoisotopic (exact) mass is 244 g/mol. The Bertz CT molecular complexity index is 353. The number of hydrogen-bond acceptors (Lipinski definition) is 2. The summed E-state index contributed by atoms with van der Waals surface area (Å²) in [7, 11) is 2.09. The van der Waals surface area contributed by atoms with E-state index in [1.54, 1.807) is 6.07 Å². The second-order valence-electron chi connectivity index (χ2n) is 4.30. The number of rotatable bonds is 3. The Morgan fingerprint density at radius 2 is 2.12 bits per heavy atom. The maximum Gasteiger partial charge on any atom is 0.123 e. The first-order chi connectivity index (χ1) is 7.16. The highest BCUT2D eigenvalue weighted by Gasteiger charge is 2.21. The van der Waals surface area contributed by atoms with Crippen LogP contribution in [-0.2, 0) is 6.54 Å². The van der Waals surface area contributed by atoms with Crippen molar-refractivity contribution in [1.82, 2.24) is 10.2 Å². The number of aryl methyl sites for hydroxylation is 1. The van der Waals surface area contributed by atoms with Gasteiger partial charge >= 0.3 is 0 Å². The minimum absolute atomic E-state index is 0. The third-order valence-corrected chi connectivity index (χ3v) is 3.11. The lowest BCUT2D eigenvalue weighted by Gasteiger charge is -2.35. The molecule has 1 heterocycles. The van der Waals surface area contributed by atoms with Gasteiger partial charge in [0.2, 0.25) is 0 Å². The second kappa shape index (κ2) is 5.62. The molecule has 0 amide bonds. The summed E-state index contributed by atoms with van der Waals surface area (Å²) in [6.07, 6.45) is 0.